The van der Waals surface area contributed by atoms with Crippen molar-refractivity contribution in [2.24, 2.45) is 0 Å². The third kappa shape index (κ3) is 4.64. The Labute approximate surface area is 141 Å². The SMILES string of the molecule is O[C@H](CNCc1ccc(-c2ccccc2F)o1)CN1CCOCC1. The van der Waals surface area contributed by atoms with E-state index in [2.05, 4.69) is 10.2 Å². The van der Waals surface area contributed by atoms with Crippen LogP contribution >= 0.6 is 0 Å². The molecule has 0 unspecified atom stereocenters. The number of β-amino-alcohol motifs (C(OH)–C–C–N with tert-alkyl or cyclic N) is 1. The fourth-order valence-corrected chi connectivity index (χ4v) is 2.79. The van der Waals surface area contributed by atoms with Crippen LogP contribution in [-0.2, 0) is 11.3 Å². The van der Waals surface area contributed by atoms with Crippen molar-refractivity contribution in [3.63, 3.8) is 0 Å². The van der Waals surface area contributed by atoms with Gasteiger partial charge < -0.3 is 19.6 Å². The lowest BCUT2D eigenvalue weighted by Crippen LogP contribution is -2.43. The fourth-order valence-electron chi connectivity index (χ4n) is 2.79. The highest BCUT2D eigenvalue weighted by Gasteiger charge is 2.15. The lowest BCUT2D eigenvalue weighted by molar-refractivity contribution is 0.0148. The maximum absolute atomic E-state index is 13.7. The zero-order valence-corrected chi connectivity index (χ0v) is 13.6. The van der Waals surface area contributed by atoms with Crippen LogP contribution in [0.25, 0.3) is 11.3 Å². The molecular weight excluding hydrogens is 311 g/mol. The van der Waals surface area contributed by atoms with E-state index in [1.807, 2.05) is 6.07 Å². The second kappa shape index (κ2) is 8.39. The molecule has 0 amide bonds. The minimum absolute atomic E-state index is 0.299. The smallest absolute Gasteiger partial charge is 0.137 e. The molecule has 1 aromatic carbocycles. The number of aliphatic hydroxyl groups excluding tert-OH is 1. The predicted octanol–water partition coefficient (Wildman–Crippen LogP) is 1.87. The van der Waals surface area contributed by atoms with Crippen LogP contribution in [0, 0.1) is 5.82 Å². The van der Waals surface area contributed by atoms with E-state index in [1.54, 1.807) is 24.3 Å². The highest BCUT2D eigenvalue weighted by atomic mass is 19.1. The van der Waals surface area contributed by atoms with Crippen molar-refractivity contribution in [2.75, 3.05) is 39.4 Å². The summed E-state index contributed by atoms with van der Waals surface area (Å²) in [6.45, 7) is 4.79. The van der Waals surface area contributed by atoms with Crippen molar-refractivity contribution < 1.29 is 18.7 Å². The Morgan fingerprint density at radius 2 is 1.96 bits per heavy atom. The molecule has 0 saturated carbocycles. The number of nitrogens with zero attached hydrogens (tertiary/aromatic N) is 1. The van der Waals surface area contributed by atoms with Gasteiger partial charge in [-0.25, -0.2) is 4.39 Å². The first-order valence-electron chi connectivity index (χ1n) is 8.25. The molecule has 1 aliphatic heterocycles. The highest BCUT2D eigenvalue weighted by molar-refractivity contribution is 5.58. The molecule has 3 rings (SSSR count). The van der Waals surface area contributed by atoms with Gasteiger partial charge in [-0.15, -0.1) is 0 Å². The summed E-state index contributed by atoms with van der Waals surface area (Å²) in [6, 6.07) is 10.1. The van der Waals surface area contributed by atoms with Gasteiger partial charge in [-0.1, -0.05) is 12.1 Å². The molecule has 6 heteroatoms. The number of hydrogen-bond donors (Lipinski definition) is 2. The second-order valence-corrected chi connectivity index (χ2v) is 5.94. The number of morpholine rings is 1. The summed E-state index contributed by atoms with van der Waals surface area (Å²) < 4.78 is 24.7. The maximum Gasteiger partial charge on any atom is 0.137 e. The number of furan rings is 1. The van der Waals surface area contributed by atoms with Crippen LogP contribution in [0.3, 0.4) is 0 Å². The average Bonchev–Trinajstić information content (AvgIpc) is 3.05. The molecule has 1 fully saturated rings. The summed E-state index contributed by atoms with van der Waals surface area (Å²) in [5, 5.41) is 13.2. The summed E-state index contributed by atoms with van der Waals surface area (Å²) in [5.41, 5.74) is 0.455. The Kier molecular flexibility index (Phi) is 5.98. The van der Waals surface area contributed by atoms with Gasteiger partial charge in [-0.05, 0) is 24.3 Å². The number of halogens is 1. The molecule has 1 aromatic heterocycles. The third-order valence-corrected chi connectivity index (χ3v) is 4.05. The van der Waals surface area contributed by atoms with Gasteiger partial charge in [-0.3, -0.25) is 4.90 Å². The largest absolute Gasteiger partial charge is 0.460 e. The molecule has 0 radical (unpaired) electrons. The molecule has 2 heterocycles. The minimum Gasteiger partial charge on any atom is -0.460 e. The van der Waals surface area contributed by atoms with Crippen LogP contribution < -0.4 is 5.32 Å². The molecule has 1 aliphatic rings. The number of nitrogens with one attached hydrogen (secondary N) is 1. The molecule has 1 atom stereocenters. The minimum atomic E-state index is -0.441. The molecule has 130 valence electrons. The zero-order valence-electron chi connectivity index (χ0n) is 13.6. The molecule has 24 heavy (non-hydrogen) atoms. The van der Waals surface area contributed by atoms with Gasteiger partial charge in [0, 0.05) is 26.2 Å². The summed E-state index contributed by atoms with van der Waals surface area (Å²) in [5.74, 6) is 0.929. The van der Waals surface area contributed by atoms with Crippen LogP contribution in [-0.4, -0.2) is 55.5 Å². The normalized spacial score (nSPS) is 17.1. The Morgan fingerprint density at radius 1 is 1.17 bits per heavy atom. The maximum atomic E-state index is 13.7. The molecular formula is C18H23FN2O3. The predicted molar refractivity (Wildman–Crippen MR) is 89.1 cm³/mol. The van der Waals surface area contributed by atoms with Crippen molar-refractivity contribution >= 4 is 0 Å². The first kappa shape index (κ1) is 17.1. The molecule has 0 bridgehead atoms. The number of aliphatic hydroxyl groups is 1. The van der Waals surface area contributed by atoms with E-state index in [0.29, 0.717) is 36.7 Å². The molecule has 0 aliphatic carbocycles. The standard InChI is InChI=1S/C18H23FN2O3/c19-17-4-2-1-3-16(17)18-6-5-15(24-18)12-20-11-14(22)13-21-7-9-23-10-8-21/h1-6,14,20,22H,7-13H2/t14-/m1/s1. The van der Waals surface area contributed by atoms with Gasteiger partial charge in [0.1, 0.15) is 17.3 Å². The van der Waals surface area contributed by atoms with Gasteiger partial charge in [0.25, 0.3) is 0 Å². The van der Waals surface area contributed by atoms with Gasteiger partial charge in [0.2, 0.25) is 0 Å². The van der Waals surface area contributed by atoms with E-state index in [-0.39, 0.29) is 5.82 Å². The highest BCUT2D eigenvalue weighted by Crippen LogP contribution is 2.24. The van der Waals surface area contributed by atoms with Crippen molar-refractivity contribution in [1.29, 1.82) is 0 Å². The van der Waals surface area contributed by atoms with Crippen LogP contribution in [0.5, 0.6) is 0 Å². The van der Waals surface area contributed by atoms with E-state index < -0.39 is 6.10 Å². The molecule has 0 spiro atoms. The number of benzene rings is 1. The monoisotopic (exact) mass is 334 g/mol. The van der Waals surface area contributed by atoms with Gasteiger partial charge in [-0.2, -0.15) is 0 Å². The molecule has 2 aromatic rings. The lowest BCUT2D eigenvalue weighted by atomic mass is 10.1. The Morgan fingerprint density at radius 3 is 2.75 bits per heavy atom. The molecule has 2 N–H and O–H groups in total. The van der Waals surface area contributed by atoms with Crippen molar-refractivity contribution in [2.45, 2.75) is 12.6 Å². The van der Waals surface area contributed by atoms with Crippen molar-refractivity contribution in [1.82, 2.24) is 10.2 Å². The first-order valence-corrected chi connectivity index (χ1v) is 8.25. The van der Waals surface area contributed by atoms with E-state index in [1.165, 1.54) is 6.07 Å². The first-order chi connectivity index (χ1) is 11.7. The Hall–Kier alpha value is -1.73. The van der Waals surface area contributed by atoms with Gasteiger partial charge in [0.05, 0.1) is 31.4 Å². The number of ether oxygens (including phenoxy) is 1. The topological polar surface area (TPSA) is 57.9 Å². The van der Waals surface area contributed by atoms with Gasteiger partial charge in [0.15, 0.2) is 0 Å². The number of hydrogen-bond acceptors (Lipinski definition) is 5. The van der Waals surface area contributed by atoms with E-state index in [9.17, 15) is 9.50 Å². The Bertz CT molecular complexity index is 641. The summed E-state index contributed by atoms with van der Waals surface area (Å²) in [6.07, 6.45) is -0.441. The summed E-state index contributed by atoms with van der Waals surface area (Å²) in [4.78, 5) is 2.19. The lowest BCUT2D eigenvalue weighted by Gasteiger charge is -2.28. The Balaban J connectivity index is 1.45. The third-order valence-electron chi connectivity index (χ3n) is 4.05. The van der Waals surface area contributed by atoms with E-state index in [0.717, 1.165) is 26.3 Å². The van der Waals surface area contributed by atoms with Crippen LogP contribution in [0.15, 0.2) is 40.8 Å². The number of rotatable bonds is 7. The zero-order chi connectivity index (χ0) is 16.8. The van der Waals surface area contributed by atoms with Crippen LogP contribution in [0.1, 0.15) is 5.76 Å². The van der Waals surface area contributed by atoms with Crippen molar-refractivity contribution in [3.05, 3.63) is 48.0 Å². The fraction of sp³-hybridized carbons (Fsp3) is 0.444. The summed E-state index contributed by atoms with van der Waals surface area (Å²) in [7, 11) is 0. The summed E-state index contributed by atoms with van der Waals surface area (Å²) >= 11 is 0. The van der Waals surface area contributed by atoms with E-state index >= 15 is 0 Å². The molecule has 1 saturated heterocycles. The quantitative estimate of drug-likeness (QED) is 0.810. The van der Waals surface area contributed by atoms with Gasteiger partial charge >= 0.3 is 0 Å². The second-order valence-electron chi connectivity index (χ2n) is 5.94. The van der Waals surface area contributed by atoms with Crippen LogP contribution in [0.2, 0.25) is 0 Å². The van der Waals surface area contributed by atoms with Crippen molar-refractivity contribution in [3.8, 4) is 11.3 Å². The van der Waals surface area contributed by atoms with E-state index in [4.69, 9.17) is 9.15 Å². The molecule has 5 nitrogen and oxygen atoms in total. The van der Waals surface area contributed by atoms with Crippen LogP contribution in [0.4, 0.5) is 4.39 Å². The average molecular weight is 334 g/mol.